The van der Waals surface area contributed by atoms with Gasteiger partial charge in [0.1, 0.15) is 17.4 Å². The highest BCUT2D eigenvalue weighted by Crippen LogP contribution is 2.23. The van der Waals surface area contributed by atoms with E-state index in [0.29, 0.717) is 24.0 Å². The molecule has 0 amide bonds. The summed E-state index contributed by atoms with van der Waals surface area (Å²) >= 11 is 1.58. The van der Waals surface area contributed by atoms with E-state index < -0.39 is 0 Å². The number of nitrogens with zero attached hydrogens (tertiary/aromatic N) is 2. The zero-order valence-corrected chi connectivity index (χ0v) is 10.7. The van der Waals surface area contributed by atoms with Crippen LogP contribution in [0.5, 0.6) is 5.75 Å². The fraction of sp³-hybridized carbons (Fsp3) is 0.333. The highest BCUT2D eigenvalue weighted by Gasteiger charge is 2.08. The molecule has 90 valence electrons. The van der Waals surface area contributed by atoms with E-state index >= 15 is 0 Å². The molecule has 4 nitrogen and oxygen atoms in total. The number of ether oxygens (including phenoxy) is 1. The smallest absolute Gasteiger partial charge is 0.155 e. The Bertz CT molecular complexity index is 496. The molecule has 2 rings (SSSR count). The van der Waals surface area contributed by atoms with Crippen molar-refractivity contribution in [2.45, 2.75) is 26.4 Å². The number of benzene rings is 1. The zero-order valence-electron chi connectivity index (χ0n) is 9.88. The van der Waals surface area contributed by atoms with Gasteiger partial charge in [0, 0.05) is 5.92 Å². The molecule has 0 aliphatic rings. The van der Waals surface area contributed by atoms with Gasteiger partial charge in [-0.1, -0.05) is 37.3 Å². The molecule has 1 aromatic carbocycles. The monoisotopic (exact) mass is 249 g/mol. The van der Waals surface area contributed by atoms with E-state index in [9.17, 15) is 0 Å². The Morgan fingerprint density at radius 3 is 2.71 bits per heavy atom. The summed E-state index contributed by atoms with van der Waals surface area (Å²) in [5, 5.41) is 10.1. The number of nitrogen functional groups attached to an aromatic ring is 1. The predicted molar refractivity (Wildman–Crippen MR) is 69.2 cm³/mol. The van der Waals surface area contributed by atoms with Gasteiger partial charge in [-0.05, 0) is 12.1 Å². The van der Waals surface area contributed by atoms with Gasteiger partial charge in [-0.3, -0.25) is 0 Å². The normalized spacial score (nSPS) is 10.8. The molecule has 5 heteroatoms. The minimum Gasteiger partial charge on any atom is -0.484 e. The molecule has 1 aromatic heterocycles. The van der Waals surface area contributed by atoms with E-state index in [1.54, 1.807) is 11.3 Å². The van der Waals surface area contributed by atoms with Gasteiger partial charge in [0.05, 0.1) is 5.69 Å². The summed E-state index contributed by atoms with van der Waals surface area (Å²) < 4.78 is 5.60. The van der Waals surface area contributed by atoms with Crippen molar-refractivity contribution in [3.63, 3.8) is 0 Å². The van der Waals surface area contributed by atoms with Crippen LogP contribution in [-0.4, -0.2) is 10.2 Å². The third-order valence-electron chi connectivity index (χ3n) is 2.25. The maximum absolute atomic E-state index is 5.78. The first-order valence-electron chi connectivity index (χ1n) is 5.46. The number of para-hydroxylation sites is 2. The van der Waals surface area contributed by atoms with Gasteiger partial charge in [0.2, 0.25) is 0 Å². The molecule has 0 atom stereocenters. The van der Waals surface area contributed by atoms with Crippen LogP contribution in [0.1, 0.15) is 29.8 Å². The van der Waals surface area contributed by atoms with Crippen molar-refractivity contribution in [1.82, 2.24) is 10.2 Å². The Labute approximate surface area is 104 Å². The van der Waals surface area contributed by atoms with Gasteiger partial charge in [-0.15, -0.1) is 10.2 Å². The van der Waals surface area contributed by atoms with E-state index in [4.69, 9.17) is 10.5 Å². The van der Waals surface area contributed by atoms with E-state index in [1.807, 2.05) is 24.3 Å². The SMILES string of the molecule is CC(C)c1nnc(COc2ccccc2N)s1. The molecule has 1 heterocycles. The number of anilines is 1. The summed E-state index contributed by atoms with van der Waals surface area (Å²) in [6.45, 7) is 4.61. The Balaban J connectivity index is 2.00. The summed E-state index contributed by atoms with van der Waals surface area (Å²) in [6.07, 6.45) is 0. The fourth-order valence-electron chi connectivity index (χ4n) is 1.31. The molecule has 0 aliphatic carbocycles. The van der Waals surface area contributed by atoms with Crippen LogP contribution in [0, 0.1) is 0 Å². The second kappa shape index (κ2) is 5.14. The van der Waals surface area contributed by atoms with Gasteiger partial charge < -0.3 is 10.5 Å². The minimum absolute atomic E-state index is 0.406. The number of hydrogen-bond donors (Lipinski definition) is 1. The van der Waals surface area contributed by atoms with Crippen molar-refractivity contribution in [1.29, 1.82) is 0 Å². The molecule has 0 saturated carbocycles. The first-order valence-corrected chi connectivity index (χ1v) is 6.28. The molecular weight excluding hydrogens is 234 g/mol. The van der Waals surface area contributed by atoms with Crippen molar-refractivity contribution in [2.75, 3.05) is 5.73 Å². The summed E-state index contributed by atoms with van der Waals surface area (Å²) in [5.74, 6) is 1.09. The van der Waals surface area contributed by atoms with Gasteiger partial charge in [0.25, 0.3) is 0 Å². The van der Waals surface area contributed by atoms with E-state index in [-0.39, 0.29) is 0 Å². The maximum atomic E-state index is 5.78. The van der Waals surface area contributed by atoms with Gasteiger partial charge in [-0.25, -0.2) is 0 Å². The third kappa shape index (κ3) is 2.94. The van der Waals surface area contributed by atoms with E-state index in [0.717, 1.165) is 10.0 Å². The van der Waals surface area contributed by atoms with Crippen LogP contribution in [-0.2, 0) is 6.61 Å². The van der Waals surface area contributed by atoms with Crippen LogP contribution >= 0.6 is 11.3 Å². The van der Waals surface area contributed by atoms with Crippen LogP contribution < -0.4 is 10.5 Å². The lowest BCUT2D eigenvalue weighted by Crippen LogP contribution is -1.98. The lowest BCUT2D eigenvalue weighted by atomic mass is 10.2. The Hall–Kier alpha value is -1.62. The van der Waals surface area contributed by atoms with Crippen LogP contribution in [0.3, 0.4) is 0 Å². The molecule has 0 radical (unpaired) electrons. The Morgan fingerprint density at radius 2 is 2.06 bits per heavy atom. The molecule has 0 spiro atoms. The van der Waals surface area contributed by atoms with Crippen LogP contribution in [0.4, 0.5) is 5.69 Å². The molecular formula is C12H15N3OS. The average molecular weight is 249 g/mol. The molecule has 2 N–H and O–H groups in total. The standard InChI is InChI=1S/C12H15N3OS/c1-8(2)12-15-14-11(17-12)7-16-10-6-4-3-5-9(10)13/h3-6,8H,7,13H2,1-2H3. The number of hydrogen-bond acceptors (Lipinski definition) is 5. The van der Waals surface area contributed by atoms with E-state index in [1.165, 1.54) is 0 Å². The molecule has 0 unspecified atom stereocenters. The van der Waals surface area contributed by atoms with Crippen molar-refractivity contribution >= 4 is 17.0 Å². The van der Waals surface area contributed by atoms with Crippen molar-refractivity contribution < 1.29 is 4.74 Å². The van der Waals surface area contributed by atoms with Gasteiger partial charge >= 0.3 is 0 Å². The van der Waals surface area contributed by atoms with Crippen LogP contribution in [0.25, 0.3) is 0 Å². The van der Waals surface area contributed by atoms with Crippen LogP contribution in [0.2, 0.25) is 0 Å². The van der Waals surface area contributed by atoms with Crippen molar-refractivity contribution in [2.24, 2.45) is 0 Å². The zero-order chi connectivity index (χ0) is 12.3. The van der Waals surface area contributed by atoms with Gasteiger partial charge in [0.15, 0.2) is 5.01 Å². The summed E-state index contributed by atoms with van der Waals surface area (Å²) in [6, 6.07) is 7.43. The number of nitrogens with two attached hydrogens (primary N) is 1. The number of aromatic nitrogens is 2. The summed E-state index contributed by atoms with van der Waals surface area (Å²) in [7, 11) is 0. The molecule has 0 aliphatic heterocycles. The van der Waals surface area contributed by atoms with Gasteiger partial charge in [-0.2, -0.15) is 0 Å². The first kappa shape index (κ1) is 11.9. The molecule has 2 aromatic rings. The second-order valence-electron chi connectivity index (χ2n) is 4.02. The summed E-state index contributed by atoms with van der Waals surface area (Å²) in [5.41, 5.74) is 6.42. The maximum Gasteiger partial charge on any atom is 0.155 e. The number of rotatable bonds is 4. The molecule has 17 heavy (non-hydrogen) atoms. The van der Waals surface area contributed by atoms with Crippen LogP contribution in [0.15, 0.2) is 24.3 Å². The largest absolute Gasteiger partial charge is 0.484 e. The van der Waals surface area contributed by atoms with Crippen molar-refractivity contribution in [3.05, 3.63) is 34.3 Å². The highest BCUT2D eigenvalue weighted by atomic mass is 32.1. The minimum atomic E-state index is 0.406. The lowest BCUT2D eigenvalue weighted by Gasteiger charge is -2.05. The Morgan fingerprint density at radius 1 is 1.29 bits per heavy atom. The quantitative estimate of drug-likeness (QED) is 0.846. The lowest BCUT2D eigenvalue weighted by molar-refractivity contribution is 0.306. The summed E-state index contributed by atoms with van der Waals surface area (Å²) in [4.78, 5) is 0. The first-order chi connectivity index (χ1) is 8.16. The highest BCUT2D eigenvalue weighted by molar-refractivity contribution is 7.11. The Kier molecular flexibility index (Phi) is 3.58. The predicted octanol–water partition coefficient (Wildman–Crippen LogP) is 2.82. The average Bonchev–Trinajstić information content (AvgIpc) is 2.77. The third-order valence-corrected chi connectivity index (χ3v) is 3.44. The molecule has 0 bridgehead atoms. The second-order valence-corrected chi connectivity index (χ2v) is 5.11. The molecule has 0 saturated heterocycles. The van der Waals surface area contributed by atoms with E-state index in [2.05, 4.69) is 24.0 Å². The fourth-order valence-corrected chi connectivity index (χ4v) is 2.07. The van der Waals surface area contributed by atoms with Crippen molar-refractivity contribution in [3.8, 4) is 5.75 Å². The molecule has 0 fully saturated rings. The topological polar surface area (TPSA) is 61.0 Å².